The van der Waals surface area contributed by atoms with Crippen LogP contribution in [0.2, 0.25) is 0 Å². The molecule has 2 heterocycles. The minimum absolute atomic E-state index is 0.168. The summed E-state index contributed by atoms with van der Waals surface area (Å²) in [5, 5.41) is 5.76. The second-order valence-corrected chi connectivity index (χ2v) is 8.72. The highest BCUT2D eigenvalue weighted by molar-refractivity contribution is 9.10. The number of Topliss-reactive ketones (excluding diaryl/α,β-unsaturated/α-hetero) is 1. The number of aromatic nitrogens is 1. The Balaban J connectivity index is 1.86. The van der Waals surface area contributed by atoms with E-state index in [1.807, 2.05) is 18.2 Å². The van der Waals surface area contributed by atoms with Gasteiger partial charge in [0, 0.05) is 27.8 Å². The molecule has 3 N–H and O–H groups in total. The minimum Gasteiger partial charge on any atom is -0.351 e. The smallest absolute Gasteiger partial charge is 0.268 e. The van der Waals surface area contributed by atoms with Crippen LogP contribution in [0.3, 0.4) is 0 Å². The van der Waals surface area contributed by atoms with E-state index < -0.39 is 0 Å². The minimum atomic E-state index is -0.256. The SMILES string of the molecule is CCN(CC)CCCNC(=O)c1[nH]c(C=C2C(=O)Nc3ccc(Br)cc32)c(C(C)=O)c1C. The van der Waals surface area contributed by atoms with Crippen LogP contribution in [-0.2, 0) is 4.79 Å². The number of fused-ring (bicyclic) bond motifs is 1. The number of H-pyrrole nitrogens is 1. The summed E-state index contributed by atoms with van der Waals surface area (Å²) in [5.74, 6) is -0.672. The van der Waals surface area contributed by atoms with Crippen LogP contribution in [-0.4, -0.2) is 53.7 Å². The third-order valence-corrected chi connectivity index (χ3v) is 6.24. The number of carbonyl (C=O) groups excluding carboxylic acids is 3. The van der Waals surface area contributed by atoms with Gasteiger partial charge in [0.05, 0.1) is 11.3 Å². The van der Waals surface area contributed by atoms with Crippen LogP contribution in [0.15, 0.2) is 22.7 Å². The Morgan fingerprint density at radius 3 is 2.59 bits per heavy atom. The van der Waals surface area contributed by atoms with Gasteiger partial charge in [0.1, 0.15) is 5.69 Å². The van der Waals surface area contributed by atoms with E-state index in [0.29, 0.717) is 40.3 Å². The maximum Gasteiger partial charge on any atom is 0.268 e. The van der Waals surface area contributed by atoms with E-state index in [1.165, 1.54) is 6.92 Å². The third kappa shape index (κ3) is 5.02. The lowest BCUT2D eigenvalue weighted by Crippen LogP contribution is -2.30. The third-order valence-electron chi connectivity index (χ3n) is 5.74. The number of ketones is 1. The topological polar surface area (TPSA) is 94.3 Å². The Kier molecular flexibility index (Phi) is 7.69. The fraction of sp³-hybridized carbons (Fsp3) is 0.375. The average molecular weight is 501 g/mol. The van der Waals surface area contributed by atoms with Gasteiger partial charge in [-0.3, -0.25) is 14.4 Å². The summed E-state index contributed by atoms with van der Waals surface area (Å²) in [4.78, 5) is 43.1. The Labute approximate surface area is 196 Å². The predicted octanol–water partition coefficient (Wildman–Crippen LogP) is 4.24. The van der Waals surface area contributed by atoms with E-state index in [4.69, 9.17) is 0 Å². The zero-order valence-electron chi connectivity index (χ0n) is 18.9. The van der Waals surface area contributed by atoms with Gasteiger partial charge in [0.25, 0.3) is 11.8 Å². The number of amides is 2. The van der Waals surface area contributed by atoms with Gasteiger partial charge < -0.3 is 20.5 Å². The van der Waals surface area contributed by atoms with Gasteiger partial charge in [0.2, 0.25) is 0 Å². The van der Waals surface area contributed by atoms with Gasteiger partial charge in [0.15, 0.2) is 5.78 Å². The maximum atomic E-state index is 12.8. The number of hydrogen-bond acceptors (Lipinski definition) is 4. The molecule has 0 spiro atoms. The Morgan fingerprint density at radius 1 is 1.22 bits per heavy atom. The predicted molar refractivity (Wildman–Crippen MR) is 131 cm³/mol. The number of rotatable bonds is 9. The van der Waals surface area contributed by atoms with Crippen molar-refractivity contribution in [3.63, 3.8) is 0 Å². The Bertz CT molecular complexity index is 1080. The maximum absolute atomic E-state index is 12.8. The molecule has 0 saturated carbocycles. The largest absolute Gasteiger partial charge is 0.351 e. The molecule has 0 saturated heterocycles. The fourth-order valence-corrected chi connectivity index (χ4v) is 4.35. The molecule has 0 atom stereocenters. The molecule has 1 aliphatic heterocycles. The number of carbonyl (C=O) groups is 3. The van der Waals surface area contributed by atoms with Crippen LogP contribution in [0, 0.1) is 6.92 Å². The lowest BCUT2D eigenvalue weighted by molar-refractivity contribution is -0.110. The molecular weight excluding hydrogens is 472 g/mol. The summed E-state index contributed by atoms with van der Waals surface area (Å²) in [7, 11) is 0. The van der Waals surface area contributed by atoms with E-state index >= 15 is 0 Å². The van der Waals surface area contributed by atoms with Crippen molar-refractivity contribution in [2.75, 3.05) is 31.5 Å². The van der Waals surface area contributed by atoms with Crippen molar-refractivity contribution in [2.24, 2.45) is 0 Å². The number of aromatic amines is 1. The molecule has 3 rings (SSSR count). The van der Waals surface area contributed by atoms with Gasteiger partial charge in [-0.15, -0.1) is 0 Å². The Morgan fingerprint density at radius 2 is 1.94 bits per heavy atom. The molecule has 7 nitrogen and oxygen atoms in total. The first-order valence-corrected chi connectivity index (χ1v) is 11.6. The standard InChI is InChI=1S/C24H29BrN4O3/c1-5-29(6-2)11-7-10-26-24(32)22-14(3)21(15(4)30)20(27-22)13-18-17-12-16(25)8-9-19(17)28-23(18)31/h8-9,12-13,27H,5-7,10-11H2,1-4H3,(H,26,32)(H,28,31). The molecule has 1 aromatic carbocycles. The molecule has 2 amide bonds. The van der Waals surface area contributed by atoms with Crippen molar-refractivity contribution < 1.29 is 14.4 Å². The number of nitrogens with one attached hydrogen (secondary N) is 3. The molecule has 32 heavy (non-hydrogen) atoms. The van der Waals surface area contributed by atoms with Crippen molar-refractivity contribution in [1.82, 2.24) is 15.2 Å². The summed E-state index contributed by atoms with van der Waals surface area (Å²) in [6.45, 7) is 10.9. The van der Waals surface area contributed by atoms with E-state index in [9.17, 15) is 14.4 Å². The highest BCUT2D eigenvalue weighted by atomic mass is 79.9. The zero-order valence-corrected chi connectivity index (χ0v) is 20.5. The van der Waals surface area contributed by atoms with E-state index in [2.05, 4.69) is 50.3 Å². The normalized spacial score (nSPS) is 14.1. The van der Waals surface area contributed by atoms with Crippen molar-refractivity contribution in [2.45, 2.75) is 34.1 Å². The summed E-state index contributed by atoms with van der Waals surface area (Å²) < 4.78 is 0.845. The average Bonchev–Trinajstić information content (AvgIpc) is 3.24. The highest BCUT2D eigenvalue weighted by Gasteiger charge is 2.27. The number of halogens is 1. The first-order valence-electron chi connectivity index (χ1n) is 10.8. The zero-order chi connectivity index (χ0) is 23.4. The molecule has 0 unspecified atom stereocenters. The lowest BCUT2D eigenvalue weighted by atomic mass is 10.0. The van der Waals surface area contributed by atoms with Gasteiger partial charge in [-0.1, -0.05) is 29.8 Å². The number of anilines is 1. The number of hydrogen-bond donors (Lipinski definition) is 3. The van der Waals surface area contributed by atoms with Crippen LogP contribution in [0.4, 0.5) is 5.69 Å². The molecule has 1 aliphatic rings. The highest BCUT2D eigenvalue weighted by Crippen LogP contribution is 2.35. The van der Waals surface area contributed by atoms with Gasteiger partial charge in [-0.25, -0.2) is 0 Å². The van der Waals surface area contributed by atoms with E-state index in [-0.39, 0.29) is 17.6 Å². The van der Waals surface area contributed by atoms with E-state index in [0.717, 1.165) is 36.1 Å². The molecule has 1 aromatic heterocycles. The van der Waals surface area contributed by atoms with Crippen molar-refractivity contribution >= 4 is 50.9 Å². The van der Waals surface area contributed by atoms with Crippen LogP contribution in [0.25, 0.3) is 11.6 Å². The van der Waals surface area contributed by atoms with Crippen molar-refractivity contribution in [3.8, 4) is 0 Å². The van der Waals surface area contributed by atoms with Crippen molar-refractivity contribution in [1.29, 1.82) is 0 Å². The molecular formula is C24H29BrN4O3. The molecule has 170 valence electrons. The Hall–Kier alpha value is -2.71. The van der Waals surface area contributed by atoms with Crippen LogP contribution in [0.1, 0.15) is 64.9 Å². The van der Waals surface area contributed by atoms with Gasteiger partial charge in [-0.05, 0) is 69.7 Å². The summed E-state index contributed by atoms with van der Waals surface area (Å²) >= 11 is 3.43. The first-order chi connectivity index (χ1) is 15.3. The number of benzene rings is 1. The van der Waals surface area contributed by atoms with Crippen LogP contribution in [0.5, 0.6) is 0 Å². The quantitative estimate of drug-likeness (QED) is 0.272. The summed E-state index contributed by atoms with van der Waals surface area (Å²) in [5.41, 5.74) is 3.70. The molecule has 0 radical (unpaired) electrons. The monoisotopic (exact) mass is 500 g/mol. The second kappa shape index (κ2) is 10.3. The van der Waals surface area contributed by atoms with E-state index in [1.54, 1.807) is 13.0 Å². The fourth-order valence-electron chi connectivity index (χ4n) is 3.99. The molecule has 0 aliphatic carbocycles. The molecule has 2 aromatic rings. The number of nitrogens with zero attached hydrogens (tertiary/aromatic N) is 1. The second-order valence-electron chi connectivity index (χ2n) is 7.81. The van der Waals surface area contributed by atoms with Gasteiger partial charge in [-0.2, -0.15) is 0 Å². The van der Waals surface area contributed by atoms with Gasteiger partial charge >= 0.3 is 0 Å². The lowest BCUT2D eigenvalue weighted by Gasteiger charge is -2.17. The molecule has 0 bridgehead atoms. The first kappa shape index (κ1) is 23.9. The summed E-state index contributed by atoms with van der Waals surface area (Å²) in [6.07, 6.45) is 2.49. The molecule has 8 heteroatoms. The molecule has 0 fully saturated rings. The van der Waals surface area contributed by atoms with Crippen LogP contribution >= 0.6 is 15.9 Å². The van der Waals surface area contributed by atoms with Crippen LogP contribution < -0.4 is 10.6 Å². The van der Waals surface area contributed by atoms with Crippen molar-refractivity contribution in [3.05, 3.63) is 50.8 Å². The summed E-state index contributed by atoms with van der Waals surface area (Å²) in [6, 6.07) is 5.53.